The van der Waals surface area contributed by atoms with Gasteiger partial charge in [-0.15, -0.1) is 10.2 Å². The predicted molar refractivity (Wildman–Crippen MR) is 115 cm³/mol. The average molecular weight is 432 g/mol. The fraction of sp³-hybridized carbons (Fsp3) is 0.250. The van der Waals surface area contributed by atoms with Crippen molar-refractivity contribution in [1.82, 2.24) is 10.2 Å². The second-order valence-corrected chi connectivity index (χ2v) is 7.91. The van der Waals surface area contributed by atoms with Crippen molar-refractivity contribution in [2.45, 2.75) is 11.3 Å². The Hall–Kier alpha value is -2.78. The molecular formula is C20H21N3O4S2. The van der Waals surface area contributed by atoms with Crippen LogP contribution in [0.1, 0.15) is 17.3 Å². The summed E-state index contributed by atoms with van der Waals surface area (Å²) < 4.78 is 16.8. The Bertz CT molecular complexity index is 978. The van der Waals surface area contributed by atoms with Gasteiger partial charge in [0.15, 0.2) is 10.1 Å². The van der Waals surface area contributed by atoms with Crippen molar-refractivity contribution in [3.05, 3.63) is 48.0 Å². The van der Waals surface area contributed by atoms with E-state index >= 15 is 0 Å². The first kappa shape index (κ1) is 20.9. The maximum Gasteiger partial charge on any atom is 0.210 e. The molecule has 0 saturated carbocycles. The number of hydrogen-bond acceptors (Lipinski definition) is 9. The summed E-state index contributed by atoms with van der Waals surface area (Å²) in [5.74, 6) is 2.05. The molecule has 3 rings (SSSR count). The van der Waals surface area contributed by atoms with Gasteiger partial charge in [-0.3, -0.25) is 4.79 Å². The van der Waals surface area contributed by atoms with E-state index in [0.29, 0.717) is 33.1 Å². The molecule has 3 aromatic rings. The Labute approximate surface area is 177 Å². The van der Waals surface area contributed by atoms with Crippen molar-refractivity contribution >= 4 is 39.7 Å². The SMILES string of the molecule is CCOc1ccccc1Nc1nnc(SCC(=O)c2ccc(OC)cc2OC)s1. The smallest absolute Gasteiger partial charge is 0.210 e. The molecule has 29 heavy (non-hydrogen) atoms. The summed E-state index contributed by atoms with van der Waals surface area (Å²) in [7, 11) is 3.10. The highest BCUT2D eigenvalue weighted by atomic mass is 32.2. The molecule has 0 unspecified atom stereocenters. The van der Waals surface area contributed by atoms with Gasteiger partial charge >= 0.3 is 0 Å². The normalized spacial score (nSPS) is 10.4. The first-order valence-corrected chi connectivity index (χ1v) is 10.6. The van der Waals surface area contributed by atoms with E-state index in [0.717, 1.165) is 11.4 Å². The lowest BCUT2D eigenvalue weighted by Gasteiger charge is -2.09. The third-order valence-corrected chi connectivity index (χ3v) is 5.84. The third-order valence-electron chi connectivity index (χ3n) is 3.87. The summed E-state index contributed by atoms with van der Waals surface area (Å²) in [6.45, 7) is 2.51. The van der Waals surface area contributed by atoms with Gasteiger partial charge in [0.25, 0.3) is 0 Å². The monoisotopic (exact) mass is 431 g/mol. The van der Waals surface area contributed by atoms with Crippen LogP contribution in [0.4, 0.5) is 10.8 Å². The van der Waals surface area contributed by atoms with Crippen molar-refractivity contribution < 1.29 is 19.0 Å². The summed E-state index contributed by atoms with van der Waals surface area (Å²) in [4.78, 5) is 12.6. The van der Waals surface area contributed by atoms with E-state index in [-0.39, 0.29) is 11.5 Å². The fourth-order valence-corrected chi connectivity index (χ4v) is 4.17. The molecule has 1 N–H and O–H groups in total. The highest BCUT2D eigenvalue weighted by Gasteiger charge is 2.15. The first-order valence-electron chi connectivity index (χ1n) is 8.85. The molecule has 0 fully saturated rings. The van der Waals surface area contributed by atoms with Gasteiger partial charge in [0, 0.05) is 6.07 Å². The zero-order valence-electron chi connectivity index (χ0n) is 16.3. The topological polar surface area (TPSA) is 82.6 Å². The largest absolute Gasteiger partial charge is 0.497 e. The third kappa shape index (κ3) is 5.39. The van der Waals surface area contributed by atoms with Crippen molar-refractivity contribution in [3.63, 3.8) is 0 Å². The Balaban J connectivity index is 1.63. The summed E-state index contributed by atoms with van der Waals surface area (Å²) in [5.41, 5.74) is 1.33. The van der Waals surface area contributed by atoms with Crippen LogP contribution in [0.15, 0.2) is 46.8 Å². The van der Waals surface area contributed by atoms with E-state index in [1.807, 2.05) is 31.2 Å². The number of Topliss-reactive ketones (excluding diaryl/α,β-unsaturated/α-hetero) is 1. The molecule has 7 nitrogen and oxygen atoms in total. The Morgan fingerprint density at radius 1 is 1.10 bits per heavy atom. The number of thioether (sulfide) groups is 1. The molecule has 0 aliphatic heterocycles. The number of anilines is 2. The molecule has 0 saturated heterocycles. The Morgan fingerprint density at radius 3 is 2.69 bits per heavy atom. The van der Waals surface area contributed by atoms with Crippen molar-refractivity contribution in [2.75, 3.05) is 31.9 Å². The summed E-state index contributed by atoms with van der Waals surface area (Å²) >= 11 is 2.71. The van der Waals surface area contributed by atoms with E-state index in [1.54, 1.807) is 25.3 Å². The van der Waals surface area contributed by atoms with E-state index in [1.165, 1.54) is 30.2 Å². The van der Waals surface area contributed by atoms with Gasteiger partial charge in [-0.1, -0.05) is 35.2 Å². The number of methoxy groups -OCH3 is 2. The molecule has 1 heterocycles. The minimum atomic E-state index is -0.0547. The van der Waals surface area contributed by atoms with Crippen LogP contribution in [0.3, 0.4) is 0 Å². The standard InChI is InChI=1S/C20H21N3O4S2/c1-4-27-17-8-6-5-7-15(17)21-19-22-23-20(29-19)28-12-16(24)14-10-9-13(25-2)11-18(14)26-3/h5-11H,4,12H2,1-3H3,(H,21,22). The second-order valence-electron chi connectivity index (χ2n) is 5.71. The lowest BCUT2D eigenvalue weighted by molar-refractivity contribution is 0.101. The van der Waals surface area contributed by atoms with Crippen LogP contribution < -0.4 is 19.5 Å². The molecule has 0 aliphatic carbocycles. The van der Waals surface area contributed by atoms with Gasteiger partial charge < -0.3 is 19.5 Å². The molecular weight excluding hydrogens is 410 g/mol. The second kappa shape index (κ2) is 10.1. The lowest BCUT2D eigenvalue weighted by Crippen LogP contribution is -2.05. The van der Waals surface area contributed by atoms with Gasteiger partial charge in [-0.2, -0.15) is 0 Å². The maximum absolute atomic E-state index is 12.6. The van der Waals surface area contributed by atoms with Gasteiger partial charge in [0.05, 0.1) is 37.8 Å². The van der Waals surface area contributed by atoms with Crippen molar-refractivity contribution in [1.29, 1.82) is 0 Å². The average Bonchev–Trinajstić information content (AvgIpc) is 3.20. The number of hydrogen-bond donors (Lipinski definition) is 1. The van der Waals surface area contributed by atoms with Gasteiger partial charge in [0.1, 0.15) is 17.2 Å². The Morgan fingerprint density at radius 2 is 1.93 bits per heavy atom. The highest BCUT2D eigenvalue weighted by molar-refractivity contribution is 8.01. The molecule has 0 radical (unpaired) electrons. The highest BCUT2D eigenvalue weighted by Crippen LogP contribution is 2.32. The number of nitrogens with one attached hydrogen (secondary N) is 1. The number of benzene rings is 2. The predicted octanol–water partition coefficient (Wildman–Crippen LogP) is 4.67. The van der Waals surface area contributed by atoms with Gasteiger partial charge in [0.2, 0.25) is 5.13 Å². The number of carbonyl (C=O) groups excluding carboxylic acids is 1. The quantitative estimate of drug-likeness (QED) is 0.366. The molecule has 0 amide bonds. The van der Waals surface area contributed by atoms with E-state index < -0.39 is 0 Å². The molecule has 9 heteroatoms. The van der Waals surface area contributed by atoms with E-state index in [2.05, 4.69) is 15.5 Å². The van der Waals surface area contributed by atoms with Crippen LogP contribution in [0, 0.1) is 0 Å². The number of nitrogens with zero attached hydrogens (tertiary/aromatic N) is 2. The van der Waals surface area contributed by atoms with Crippen LogP contribution in [0.2, 0.25) is 0 Å². The van der Waals surface area contributed by atoms with Crippen LogP contribution in [0.25, 0.3) is 0 Å². The molecule has 0 spiro atoms. The zero-order chi connectivity index (χ0) is 20.6. The molecule has 1 aromatic heterocycles. The maximum atomic E-state index is 12.6. The molecule has 0 aliphatic rings. The fourth-order valence-electron chi connectivity index (χ4n) is 2.52. The first-order chi connectivity index (χ1) is 14.1. The molecule has 0 atom stereocenters. The van der Waals surface area contributed by atoms with Crippen LogP contribution in [-0.4, -0.2) is 42.6 Å². The van der Waals surface area contributed by atoms with Crippen LogP contribution >= 0.6 is 23.1 Å². The van der Waals surface area contributed by atoms with Gasteiger partial charge in [-0.25, -0.2) is 0 Å². The summed E-state index contributed by atoms with van der Waals surface area (Å²) in [5, 5.41) is 12.1. The van der Waals surface area contributed by atoms with Crippen LogP contribution in [-0.2, 0) is 0 Å². The lowest BCUT2D eigenvalue weighted by atomic mass is 10.1. The number of rotatable bonds is 10. The number of carbonyl (C=O) groups is 1. The van der Waals surface area contributed by atoms with Crippen molar-refractivity contribution in [2.24, 2.45) is 0 Å². The number of ether oxygens (including phenoxy) is 3. The zero-order valence-corrected chi connectivity index (χ0v) is 17.9. The van der Waals surface area contributed by atoms with Gasteiger partial charge in [-0.05, 0) is 31.2 Å². The minimum Gasteiger partial charge on any atom is -0.497 e. The van der Waals surface area contributed by atoms with Crippen molar-refractivity contribution in [3.8, 4) is 17.2 Å². The number of para-hydroxylation sites is 2. The minimum absolute atomic E-state index is 0.0547. The molecule has 0 bridgehead atoms. The Kier molecular flexibility index (Phi) is 7.31. The number of aromatic nitrogens is 2. The number of ketones is 1. The van der Waals surface area contributed by atoms with E-state index in [4.69, 9.17) is 14.2 Å². The van der Waals surface area contributed by atoms with Crippen LogP contribution in [0.5, 0.6) is 17.2 Å². The summed E-state index contributed by atoms with van der Waals surface area (Å²) in [6, 6.07) is 12.8. The summed E-state index contributed by atoms with van der Waals surface area (Å²) in [6.07, 6.45) is 0. The molecule has 152 valence electrons. The molecule has 2 aromatic carbocycles. The van der Waals surface area contributed by atoms with E-state index in [9.17, 15) is 4.79 Å².